The van der Waals surface area contributed by atoms with Crippen LogP contribution in [-0.4, -0.2) is 31.5 Å². The zero-order valence-electron chi connectivity index (χ0n) is 10.1. The molecule has 0 heterocycles. The maximum absolute atomic E-state index is 12.5. The lowest BCUT2D eigenvalue weighted by Crippen LogP contribution is -2.39. The first-order valence-corrected chi connectivity index (χ1v) is 5.95. The number of halogens is 4. The minimum absolute atomic E-state index is 0.0685. The zero-order valence-corrected chi connectivity index (χ0v) is 10.9. The molecule has 0 fully saturated rings. The normalized spacial score (nSPS) is 13.1. The second-order valence-corrected chi connectivity index (χ2v) is 4.17. The molecule has 1 N–H and O–H groups in total. The van der Waals surface area contributed by atoms with Crippen molar-refractivity contribution in [2.24, 2.45) is 0 Å². The van der Waals surface area contributed by atoms with Gasteiger partial charge in [0.1, 0.15) is 0 Å². The fourth-order valence-corrected chi connectivity index (χ4v) is 1.60. The smallest absolute Gasteiger partial charge is 0.383 e. The van der Waals surface area contributed by atoms with Gasteiger partial charge in [-0.1, -0.05) is 6.07 Å². The number of hydrogen-bond acceptors (Lipinski definition) is 2. The number of carbonyl (C=O) groups is 1. The van der Waals surface area contributed by atoms with Crippen molar-refractivity contribution >= 4 is 17.5 Å². The molecule has 0 aliphatic carbocycles. The van der Waals surface area contributed by atoms with Crippen molar-refractivity contribution in [3.8, 4) is 0 Å². The Kier molecular flexibility index (Phi) is 5.62. The van der Waals surface area contributed by atoms with Crippen LogP contribution in [0.1, 0.15) is 15.9 Å². The predicted octanol–water partition coefficient (Wildman–Crippen LogP) is 2.69. The highest BCUT2D eigenvalue weighted by Crippen LogP contribution is 2.29. The molecule has 0 bridgehead atoms. The van der Waals surface area contributed by atoms with Crippen molar-refractivity contribution in [1.82, 2.24) is 5.32 Å². The summed E-state index contributed by atoms with van der Waals surface area (Å²) in [4.78, 5) is 11.8. The van der Waals surface area contributed by atoms with E-state index < -0.39 is 23.7 Å². The van der Waals surface area contributed by atoms with Crippen LogP contribution in [0.25, 0.3) is 0 Å². The van der Waals surface area contributed by atoms with Crippen LogP contribution in [0.4, 0.5) is 13.2 Å². The van der Waals surface area contributed by atoms with Crippen molar-refractivity contribution in [2.45, 2.75) is 12.2 Å². The third-order valence-electron chi connectivity index (χ3n) is 2.34. The van der Waals surface area contributed by atoms with E-state index in [0.717, 1.165) is 12.1 Å². The lowest BCUT2D eigenvalue weighted by molar-refractivity contribution is -0.137. The Morgan fingerprint density at radius 1 is 1.47 bits per heavy atom. The van der Waals surface area contributed by atoms with Gasteiger partial charge >= 0.3 is 6.18 Å². The first-order chi connectivity index (χ1) is 8.88. The Morgan fingerprint density at radius 2 is 2.16 bits per heavy atom. The molecular formula is C12H13ClF3NO2. The summed E-state index contributed by atoms with van der Waals surface area (Å²) in [6.45, 7) is 0.189. The SMILES string of the molecule is COCC(CCl)NC(=O)c1cccc(C(F)(F)F)c1. The molecule has 0 aliphatic heterocycles. The van der Waals surface area contributed by atoms with E-state index in [0.29, 0.717) is 0 Å². The third kappa shape index (κ3) is 4.72. The molecule has 3 nitrogen and oxygen atoms in total. The highest BCUT2D eigenvalue weighted by atomic mass is 35.5. The minimum Gasteiger partial charge on any atom is -0.383 e. The molecule has 1 aromatic rings. The predicted molar refractivity (Wildman–Crippen MR) is 65.3 cm³/mol. The average Bonchev–Trinajstić information content (AvgIpc) is 2.37. The highest BCUT2D eigenvalue weighted by Gasteiger charge is 2.31. The largest absolute Gasteiger partial charge is 0.416 e. The monoisotopic (exact) mass is 295 g/mol. The quantitative estimate of drug-likeness (QED) is 0.848. The van der Waals surface area contributed by atoms with Crippen LogP contribution in [0.5, 0.6) is 0 Å². The number of methoxy groups -OCH3 is 1. The van der Waals surface area contributed by atoms with Gasteiger partial charge in [0.15, 0.2) is 0 Å². The van der Waals surface area contributed by atoms with Crippen LogP contribution in [-0.2, 0) is 10.9 Å². The van der Waals surface area contributed by atoms with Gasteiger partial charge in [0.2, 0.25) is 0 Å². The zero-order chi connectivity index (χ0) is 14.5. The molecule has 0 saturated heterocycles. The Morgan fingerprint density at radius 3 is 2.68 bits per heavy atom. The van der Waals surface area contributed by atoms with Gasteiger partial charge in [-0.25, -0.2) is 0 Å². The second kappa shape index (κ2) is 6.77. The van der Waals surface area contributed by atoms with E-state index >= 15 is 0 Å². The molecule has 0 aromatic heterocycles. The standard InChI is InChI=1S/C12H13ClF3NO2/c1-19-7-10(6-13)17-11(18)8-3-2-4-9(5-8)12(14,15)16/h2-5,10H,6-7H2,1H3,(H,17,18). The van der Waals surface area contributed by atoms with E-state index in [-0.39, 0.29) is 18.1 Å². The molecule has 106 valence electrons. The fourth-order valence-electron chi connectivity index (χ4n) is 1.43. The maximum atomic E-state index is 12.5. The Bertz CT molecular complexity index is 437. The van der Waals surface area contributed by atoms with Crippen molar-refractivity contribution in [3.63, 3.8) is 0 Å². The van der Waals surface area contributed by atoms with E-state index in [2.05, 4.69) is 5.32 Å². The van der Waals surface area contributed by atoms with Crippen LogP contribution >= 0.6 is 11.6 Å². The lowest BCUT2D eigenvalue weighted by atomic mass is 10.1. The van der Waals surface area contributed by atoms with E-state index in [1.807, 2.05) is 0 Å². The van der Waals surface area contributed by atoms with Crippen LogP contribution < -0.4 is 5.32 Å². The summed E-state index contributed by atoms with van der Waals surface area (Å²) in [5.41, 5.74) is -0.935. The molecule has 1 aromatic carbocycles. The van der Waals surface area contributed by atoms with Gasteiger partial charge in [-0.05, 0) is 18.2 Å². The Labute approximate surface area is 113 Å². The molecular weight excluding hydrogens is 283 g/mol. The Balaban J connectivity index is 2.82. The van der Waals surface area contributed by atoms with Gasteiger partial charge in [-0.15, -0.1) is 11.6 Å². The molecule has 1 atom stereocenters. The third-order valence-corrected chi connectivity index (χ3v) is 2.71. The molecule has 7 heteroatoms. The molecule has 1 amide bonds. The summed E-state index contributed by atoms with van der Waals surface area (Å²) >= 11 is 5.61. The van der Waals surface area contributed by atoms with Crippen molar-refractivity contribution in [3.05, 3.63) is 35.4 Å². The number of rotatable bonds is 5. The van der Waals surface area contributed by atoms with Gasteiger partial charge in [-0.2, -0.15) is 13.2 Å². The van der Waals surface area contributed by atoms with Gasteiger partial charge in [0, 0.05) is 18.6 Å². The molecule has 1 unspecified atom stereocenters. The number of hydrogen-bond donors (Lipinski definition) is 1. The topological polar surface area (TPSA) is 38.3 Å². The maximum Gasteiger partial charge on any atom is 0.416 e. The summed E-state index contributed by atoms with van der Waals surface area (Å²) in [6, 6.07) is 3.75. The average molecular weight is 296 g/mol. The van der Waals surface area contributed by atoms with E-state index in [1.165, 1.54) is 19.2 Å². The molecule has 0 spiro atoms. The first kappa shape index (κ1) is 15.8. The fraction of sp³-hybridized carbons (Fsp3) is 0.417. The van der Waals surface area contributed by atoms with E-state index in [4.69, 9.17) is 16.3 Å². The number of alkyl halides is 4. The molecule has 0 radical (unpaired) electrons. The van der Waals surface area contributed by atoms with Crippen LogP contribution in [0.15, 0.2) is 24.3 Å². The Hall–Kier alpha value is -1.27. The van der Waals surface area contributed by atoms with Gasteiger partial charge in [0.05, 0.1) is 18.2 Å². The first-order valence-electron chi connectivity index (χ1n) is 5.41. The summed E-state index contributed by atoms with van der Waals surface area (Å²) in [5, 5.41) is 2.50. The van der Waals surface area contributed by atoms with Gasteiger partial charge < -0.3 is 10.1 Å². The van der Waals surface area contributed by atoms with Gasteiger partial charge in [-0.3, -0.25) is 4.79 Å². The second-order valence-electron chi connectivity index (χ2n) is 3.86. The lowest BCUT2D eigenvalue weighted by Gasteiger charge is -2.15. The number of ether oxygens (including phenoxy) is 1. The molecule has 1 rings (SSSR count). The number of nitrogens with one attached hydrogen (secondary N) is 1. The molecule has 19 heavy (non-hydrogen) atoms. The highest BCUT2D eigenvalue weighted by molar-refractivity contribution is 6.18. The van der Waals surface area contributed by atoms with Crippen LogP contribution in [0.3, 0.4) is 0 Å². The molecule has 0 saturated carbocycles. The minimum atomic E-state index is -4.48. The van der Waals surface area contributed by atoms with Crippen molar-refractivity contribution in [1.29, 1.82) is 0 Å². The summed E-state index contributed by atoms with van der Waals surface area (Å²) in [7, 11) is 1.44. The number of carbonyl (C=O) groups excluding carboxylic acids is 1. The van der Waals surface area contributed by atoms with Gasteiger partial charge in [0.25, 0.3) is 5.91 Å². The number of amides is 1. The summed E-state index contributed by atoms with van der Waals surface area (Å²) in [6.07, 6.45) is -4.48. The van der Waals surface area contributed by atoms with Crippen LogP contribution in [0.2, 0.25) is 0 Å². The number of benzene rings is 1. The van der Waals surface area contributed by atoms with Crippen molar-refractivity contribution < 1.29 is 22.7 Å². The summed E-state index contributed by atoms with van der Waals surface area (Å²) in [5.74, 6) is -0.507. The molecule has 0 aliphatic rings. The van der Waals surface area contributed by atoms with E-state index in [9.17, 15) is 18.0 Å². The van der Waals surface area contributed by atoms with Crippen molar-refractivity contribution in [2.75, 3.05) is 19.6 Å². The van der Waals surface area contributed by atoms with E-state index in [1.54, 1.807) is 0 Å². The van der Waals surface area contributed by atoms with Crippen LogP contribution in [0, 0.1) is 0 Å². The summed E-state index contributed by atoms with van der Waals surface area (Å²) < 4.78 is 42.4.